The highest BCUT2D eigenvalue weighted by Gasteiger charge is 2.26. The molecule has 9 heteroatoms. The van der Waals surface area contributed by atoms with Gasteiger partial charge < -0.3 is 15.0 Å². The molecule has 2 amide bonds. The molecule has 0 aliphatic carbocycles. The molecular formula is C25H25N3O5S. The fourth-order valence-electron chi connectivity index (χ4n) is 3.52. The van der Waals surface area contributed by atoms with Gasteiger partial charge in [0.1, 0.15) is 5.75 Å². The van der Waals surface area contributed by atoms with Crippen molar-refractivity contribution in [3.05, 3.63) is 83.4 Å². The van der Waals surface area contributed by atoms with Crippen molar-refractivity contribution in [2.24, 2.45) is 0 Å². The van der Waals surface area contributed by atoms with Crippen LogP contribution in [-0.4, -0.2) is 45.2 Å². The summed E-state index contributed by atoms with van der Waals surface area (Å²) in [6, 6.07) is 18.8. The number of anilines is 2. The van der Waals surface area contributed by atoms with Crippen molar-refractivity contribution in [3.63, 3.8) is 0 Å². The summed E-state index contributed by atoms with van der Waals surface area (Å²) in [5, 5.41) is 2.80. The van der Waals surface area contributed by atoms with E-state index in [-0.39, 0.29) is 17.4 Å². The number of fused-ring (bicyclic) bond motifs is 1. The van der Waals surface area contributed by atoms with Gasteiger partial charge in [0.2, 0.25) is 10.0 Å². The van der Waals surface area contributed by atoms with Gasteiger partial charge in [-0.15, -0.1) is 0 Å². The molecule has 176 valence electrons. The van der Waals surface area contributed by atoms with Crippen LogP contribution in [-0.2, 0) is 21.4 Å². The number of benzene rings is 3. The summed E-state index contributed by atoms with van der Waals surface area (Å²) in [5.74, 6) is -0.0147. The lowest BCUT2D eigenvalue weighted by Crippen LogP contribution is -2.38. The third kappa shape index (κ3) is 4.80. The molecule has 8 nitrogen and oxygen atoms in total. The van der Waals surface area contributed by atoms with E-state index >= 15 is 0 Å². The van der Waals surface area contributed by atoms with Gasteiger partial charge in [-0.3, -0.25) is 9.59 Å². The number of amides is 2. The third-order valence-electron chi connectivity index (χ3n) is 5.52. The zero-order chi connectivity index (χ0) is 24.5. The lowest BCUT2D eigenvalue weighted by Gasteiger charge is -2.30. The highest BCUT2D eigenvalue weighted by atomic mass is 32.2. The number of carbonyl (C=O) groups is 2. The van der Waals surface area contributed by atoms with Crippen molar-refractivity contribution in [3.8, 4) is 5.75 Å². The minimum absolute atomic E-state index is 0.0488. The fraction of sp³-hybridized carbons (Fsp3) is 0.200. The van der Waals surface area contributed by atoms with Crippen molar-refractivity contribution in [1.82, 2.24) is 4.31 Å². The van der Waals surface area contributed by atoms with Crippen LogP contribution < -0.4 is 15.0 Å². The number of hydrogen-bond acceptors (Lipinski definition) is 5. The Balaban J connectivity index is 1.55. The minimum Gasteiger partial charge on any atom is -0.482 e. The van der Waals surface area contributed by atoms with Gasteiger partial charge in [-0.05, 0) is 55.0 Å². The highest BCUT2D eigenvalue weighted by Crippen LogP contribution is 2.35. The number of sulfonamides is 1. The monoisotopic (exact) mass is 479 g/mol. The zero-order valence-corrected chi connectivity index (χ0v) is 19.9. The topological polar surface area (TPSA) is 96.0 Å². The Morgan fingerprint density at radius 2 is 1.71 bits per heavy atom. The standard InChI is InChI=1S/C25H25N3O5S/c1-17-4-6-18(7-5-17)15-28-22-14-20(10-13-23(22)33-16-24(28)29)26-25(30)19-8-11-21(12-9-19)34(31,32)27(2)3/h4-14H,15-16H2,1-3H3,(H,26,30). The van der Waals surface area contributed by atoms with Gasteiger partial charge in [-0.25, -0.2) is 12.7 Å². The van der Waals surface area contributed by atoms with Crippen LogP contribution in [0, 0.1) is 6.92 Å². The molecule has 0 unspecified atom stereocenters. The van der Waals surface area contributed by atoms with E-state index in [9.17, 15) is 18.0 Å². The summed E-state index contributed by atoms with van der Waals surface area (Å²) in [6.07, 6.45) is 0. The van der Waals surface area contributed by atoms with Gasteiger partial charge in [0.15, 0.2) is 6.61 Å². The number of rotatable bonds is 6. The second-order valence-electron chi connectivity index (χ2n) is 8.20. The van der Waals surface area contributed by atoms with Crippen molar-refractivity contribution < 1.29 is 22.7 Å². The largest absolute Gasteiger partial charge is 0.482 e. The third-order valence-corrected chi connectivity index (χ3v) is 7.35. The number of ether oxygens (including phenoxy) is 1. The molecule has 1 aliphatic heterocycles. The van der Waals surface area contributed by atoms with Crippen molar-refractivity contribution >= 4 is 33.2 Å². The predicted octanol–water partition coefficient (Wildman–Crippen LogP) is 3.42. The maximum absolute atomic E-state index is 12.8. The van der Waals surface area contributed by atoms with E-state index in [1.807, 2.05) is 31.2 Å². The molecule has 0 aromatic heterocycles. The SMILES string of the molecule is Cc1ccc(CN2C(=O)COc3ccc(NC(=O)c4ccc(S(=O)(=O)N(C)C)cc4)cc32)cc1. The quantitative estimate of drug-likeness (QED) is 0.585. The second-order valence-corrected chi connectivity index (χ2v) is 10.4. The molecule has 0 saturated heterocycles. The van der Waals surface area contributed by atoms with E-state index in [1.54, 1.807) is 23.1 Å². The molecule has 0 bridgehead atoms. The first-order chi connectivity index (χ1) is 16.1. The van der Waals surface area contributed by atoms with Crippen molar-refractivity contribution in [1.29, 1.82) is 0 Å². The van der Waals surface area contributed by atoms with Crippen LogP contribution in [0.1, 0.15) is 21.5 Å². The van der Waals surface area contributed by atoms with Crippen LogP contribution in [0.2, 0.25) is 0 Å². The van der Waals surface area contributed by atoms with Crippen LogP contribution in [0.25, 0.3) is 0 Å². The smallest absolute Gasteiger partial charge is 0.265 e. The minimum atomic E-state index is -3.58. The number of hydrogen-bond donors (Lipinski definition) is 1. The van der Waals surface area contributed by atoms with E-state index in [2.05, 4.69) is 5.32 Å². The number of aryl methyl sites for hydroxylation is 1. The first-order valence-electron chi connectivity index (χ1n) is 10.6. The Hall–Kier alpha value is -3.69. The van der Waals surface area contributed by atoms with E-state index in [0.29, 0.717) is 29.2 Å². The maximum Gasteiger partial charge on any atom is 0.265 e. The molecule has 3 aromatic carbocycles. The van der Waals surface area contributed by atoms with E-state index < -0.39 is 15.9 Å². The maximum atomic E-state index is 12.8. The average Bonchev–Trinajstić information content (AvgIpc) is 2.82. The number of carbonyl (C=O) groups excluding carboxylic acids is 2. The number of nitrogens with zero attached hydrogens (tertiary/aromatic N) is 2. The Morgan fingerprint density at radius 3 is 2.35 bits per heavy atom. The predicted molar refractivity (Wildman–Crippen MR) is 130 cm³/mol. The molecule has 1 aliphatic rings. The first-order valence-corrected chi connectivity index (χ1v) is 12.1. The molecular weight excluding hydrogens is 454 g/mol. The van der Waals surface area contributed by atoms with Crippen LogP contribution in [0.3, 0.4) is 0 Å². The van der Waals surface area contributed by atoms with Gasteiger partial charge >= 0.3 is 0 Å². The average molecular weight is 480 g/mol. The molecule has 0 radical (unpaired) electrons. The van der Waals surface area contributed by atoms with Gasteiger partial charge in [-0.1, -0.05) is 29.8 Å². The molecule has 0 saturated carbocycles. The van der Waals surface area contributed by atoms with Crippen molar-refractivity contribution in [2.75, 3.05) is 30.9 Å². The molecule has 0 fully saturated rings. The summed E-state index contributed by atoms with van der Waals surface area (Å²) in [5.41, 5.74) is 3.48. The normalized spacial score (nSPS) is 13.4. The van der Waals surface area contributed by atoms with E-state index in [1.165, 1.54) is 38.4 Å². The first kappa shape index (κ1) is 23.5. The Kier molecular flexibility index (Phi) is 6.41. The molecule has 1 N–H and O–H groups in total. The van der Waals surface area contributed by atoms with E-state index in [0.717, 1.165) is 15.4 Å². The van der Waals surface area contributed by atoms with Crippen LogP contribution in [0.15, 0.2) is 71.6 Å². The zero-order valence-electron chi connectivity index (χ0n) is 19.1. The Morgan fingerprint density at radius 1 is 1.03 bits per heavy atom. The van der Waals surface area contributed by atoms with Crippen molar-refractivity contribution in [2.45, 2.75) is 18.4 Å². The summed E-state index contributed by atoms with van der Waals surface area (Å²) >= 11 is 0. The molecule has 3 aromatic rings. The Labute approximate surface area is 198 Å². The van der Waals surface area contributed by atoms with Crippen LogP contribution in [0.5, 0.6) is 5.75 Å². The van der Waals surface area contributed by atoms with Gasteiger partial charge in [0, 0.05) is 25.3 Å². The molecule has 0 atom stereocenters. The summed E-state index contributed by atoms with van der Waals surface area (Å²) in [4.78, 5) is 27.1. The van der Waals surface area contributed by atoms with Crippen LogP contribution >= 0.6 is 0 Å². The molecule has 34 heavy (non-hydrogen) atoms. The Bertz CT molecular complexity index is 1330. The fourth-order valence-corrected chi connectivity index (χ4v) is 4.42. The molecule has 0 spiro atoms. The summed E-state index contributed by atoms with van der Waals surface area (Å²) < 4.78 is 31.1. The second kappa shape index (κ2) is 9.28. The van der Waals surface area contributed by atoms with Crippen LogP contribution in [0.4, 0.5) is 11.4 Å². The van der Waals surface area contributed by atoms with Gasteiger partial charge in [0.05, 0.1) is 17.1 Å². The van der Waals surface area contributed by atoms with Gasteiger partial charge in [0.25, 0.3) is 11.8 Å². The van der Waals surface area contributed by atoms with E-state index in [4.69, 9.17) is 4.74 Å². The lowest BCUT2D eigenvalue weighted by atomic mass is 10.1. The summed E-state index contributed by atoms with van der Waals surface area (Å²) in [7, 11) is -0.684. The molecule has 4 rings (SSSR count). The number of nitrogens with one attached hydrogen (secondary N) is 1. The van der Waals surface area contributed by atoms with Gasteiger partial charge in [-0.2, -0.15) is 0 Å². The lowest BCUT2D eigenvalue weighted by molar-refractivity contribution is -0.121. The molecule has 1 heterocycles. The summed E-state index contributed by atoms with van der Waals surface area (Å²) in [6.45, 7) is 2.34. The highest BCUT2D eigenvalue weighted by molar-refractivity contribution is 7.89.